The lowest BCUT2D eigenvalue weighted by molar-refractivity contribution is 0.240. The molecule has 2 aromatic rings. The van der Waals surface area contributed by atoms with Crippen LogP contribution in [0.1, 0.15) is 38.1 Å². The molecule has 1 aliphatic heterocycles. The molecule has 25 heavy (non-hydrogen) atoms. The number of halogens is 3. The van der Waals surface area contributed by atoms with E-state index in [9.17, 15) is 21.6 Å². The Hall–Kier alpha value is -1.87. The Kier molecular flexibility index (Phi) is 4.88. The van der Waals surface area contributed by atoms with Crippen LogP contribution in [0, 0.1) is 17.5 Å². The molecule has 136 valence electrons. The molecule has 0 spiro atoms. The molecule has 0 bridgehead atoms. The highest BCUT2D eigenvalue weighted by molar-refractivity contribution is 7.89. The van der Waals surface area contributed by atoms with Gasteiger partial charge in [0.1, 0.15) is 16.5 Å². The number of aromatic nitrogens is 2. The van der Waals surface area contributed by atoms with Gasteiger partial charge in [-0.15, -0.1) is 0 Å². The van der Waals surface area contributed by atoms with Crippen molar-refractivity contribution in [2.45, 2.75) is 43.7 Å². The van der Waals surface area contributed by atoms with Crippen LogP contribution in [0.2, 0.25) is 0 Å². The molecule has 1 aromatic heterocycles. The molecule has 0 N–H and O–H groups in total. The summed E-state index contributed by atoms with van der Waals surface area (Å²) in [6.45, 7) is 2.68. The summed E-state index contributed by atoms with van der Waals surface area (Å²) in [5.74, 6) is -3.56. The molecule has 1 aromatic carbocycles. The van der Waals surface area contributed by atoms with Gasteiger partial charge in [-0.25, -0.2) is 26.6 Å². The van der Waals surface area contributed by atoms with E-state index in [-0.39, 0.29) is 12.6 Å². The van der Waals surface area contributed by atoms with Gasteiger partial charge in [0.2, 0.25) is 10.0 Å². The van der Waals surface area contributed by atoms with Crippen LogP contribution in [0.4, 0.5) is 13.2 Å². The highest BCUT2D eigenvalue weighted by atomic mass is 32.2. The van der Waals surface area contributed by atoms with E-state index < -0.39 is 38.4 Å². The van der Waals surface area contributed by atoms with Gasteiger partial charge in [-0.05, 0) is 25.8 Å². The first-order valence-electron chi connectivity index (χ1n) is 8.03. The van der Waals surface area contributed by atoms with Crippen LogP contribution in [0.25, 0.3) is 0 Å². The van der Waals surface area contributed by atoms with Crippen LogP contribution >= 0.6 is 0 Å². The first-order chi connectivity index (χ1) is 11.9. The van der Waals surface area contributed by atoms with Crippen molar-refractivity contribution in [3.05, 3.63) is 47.8 Å². The number of benzene rings is 1. The van der Waals surface area contributed by atoms with E-state index in [2.05, 4.69) is 4.98 Å². The molecule has 1 aliphatic rings. The SMILES string of the molecule is CCn1ccnc1C1CCCCN1S(=O)(=O)c1cc(F)c(F)cc1F. The van der Waals surface area contributed by atoms with Crippen molar-refractivity contribution in [1.29, 1.82) is 0 Å². The standard InChI is InChI=1S/C16H18F3N3O2S/c1-2-21-8-6-20-16(21)14-5-3-4-7-22(14)25(23,24)15-10-12(18)11(17)9-13(15)19/h6,8-10,14H,2-5,7H2,1H3. The van der Waals surface area contributed by atoms with E-state index in [4.69, 9.17) is 0 Å². The summed E-state index contributed by atoms with van der Waals surface area (Å²) in [4.78, 5) is 3.40. The molecule has 3 rings (SSSR count). The van der Waals surface area contributed by atoms with Gasteiger partial charge in [-0.1, -0.05) is 6.42 Å². The highest BCUT2D eigenvalue weighted by Crippen LogP contribution is 2.35. The minimum absolute atomic E-state index is 0.169. The number of aryl methyl sites for hydroxylation is 1. The lowest BCUT2D eigenvalue weighted by Gasteiger charge is -2.34. The summed E-state index contributed by atoms with van der Waals surface area (Å²) in [6.07, 6.45) is 5.26. The Labute approximate surface area is 144 Å². The number of rotatable bonds is 4. The second-order valence-electron chi connectivity index (χ2n) is 5.90. The zero-order valence-electron chi connectivity index (χ0n) is 13.6. The Morgan fingerprint density at radius 2 is 1.88 bits per heavy atom. The van der Waals surface area contributed by atoms with Gasteiger partial charge in [-0.3, -0.25) is 0 Å². The predicted molar refractivity (Wildman–Crippen MR) is 84.7 cm³/mol. The monoisotopic (exact) mass is 373 g/mol. The van der Waals surface area contributed by atoms with Crippen LogP contribution in [0.5, 0.6) is 0 Å². The average Bonchev–Trinajstić information content (AvgIpc) is 3.06. The lowest BCUT2D eigenvalue weighted by atomic mass is 10.0. The summed E-state index contributed by atoms with van der Waals surface area (Å²) in [6, 6.07) is 0.0905. The predicted octanol–water partition coefficient (Wildman–Crippen LogP) is 3.24. The van der Waals surface area contributed by atoms with E-state index in [1.165, 1.54) is 0 Å². The van der Waals surface area contributed by atoms with Gasteiger partial charge in [-0.2, -0.15) is 4.31 Å². The van der Waals surface area contributed by atoms with Crippen molar-refractivity contribution in [3.8, 4) is 0 Å². The fraction of sp³-hybridized carbons (Fsp3) is 0.438. The first kappa shape index (κ1) is 17.9. The highest BCUT2D eigenvalue weighted by Gasteiger charge is 2.38. The summed E-state index contributed by atoms with van der Waals surface area (Å²) >= 11 is 0. The maximum atomic E-state index is 14.1. The average molecular weight is 373 g/mol. The van der Waals surface area contributed by atoms with Crippen LogP contribution in [-0.4, -0.2) is 28.8 Å². The third kappa shape index (κ3) is 3.18. The molecule has 9 heteroatoms. The fourth-order valence-corrected chi connectivity index (χ4v) is 4.88. The summed E-state index contributed by atoms with van der Waals surface area (Å²) in [5.41, 5.74) is 0. The zero-order valence-corrected chi connectivity index (χ0v) is 14.4. The molecule has 1 fully saturated rings. The summed E-state index contributed by atoms with van der Waals surface area (Å²) in [7, 11) is -4.33. The van der Waals surface area contributed by atoms with Crippen LogP contribution in [0.15, 0.2) is 29.4 Å². The quantitative estimate of drug-likeness (QED) is 0.773. The molecular formula is C16H18F3N3O2S. The van der Waals surface area contributed by atoms with Gasteiger partial charge in [0.05, 0.1) is 6.04 Å². The molecular weight excluding hydrogens is 355 g/mol. The fourth-order valence-electron chi connectivity index (χ4n) is 3.16. The van der Waals surface area contributed by atoms with Crippen molar-refractivity contribution in [2.24, 2.45) is 0 Å². The smallest absolute Gasteiger partial charge is 0.246 e. The third-order valence-electron chi connectivity index (χ3n) is 4.40. The van der Waals surface area contributed by atoms with Crippen molar-refractivity contribution in [3.63, 3.8) is 0 Å². The Balaban J connectivity index is 2.07. The van der Waals surface area contributed by atoms with Gasteiger partial charge < -0.3 is 4.57 Å². The van der Waals surface area contributed by atoms with Gasteiger partial charge in [0.15, 0.2) is 11.6 Å². The number of nitrogens with zero attached hydrogens (tertiary/aromatic N) is 3. The number of imidazole rings is 1. The van der Waals surface area contributed by atoms with E-state index >= 15 is 0 Å². The lowest BCUT2D eigenvalue weighted by Crippen LogP contribution is -2.40. The van der Waals surface area contributed by atoms with Gasteiger partial charge in [0, 0.05) is 31.5 Å². The van der Waals surface area contributed by atoms with Crippen molar-refractivity contribution >= 4 is 10.0 Å². The molecule has 0 amide bonds. The molecule has 0 saturated carbocycles. The molecule has 1 saturated heterocycles. The normalized spacial score (nSPS) is 19.3. The minimum Gasteiger partial charge on any atom is -0.334 e. The molecule has 0 aliphatic carbocycles. The molecule has 1 unspecified atom stereocenters. The number of sulfonamides is 1. The number of hydrogen-bond acceptors (Lipinski definition) is 3. The first-order valence-corrected chi connectivity index (χ1v) is 9.47. The molecule has 1 atom stereocenters. The topological polar surface area (TPSA) is 55.2 Å². The largest absolute Gasteiger partial charge is 0.334 e. The van der Waals surface area contributed by atoms with E-state index in [0.29, 0.717) is 31.3 Å². The van der Waals surface area contributed by atoms with Crippen LogP contribution < -0.4 is 0 Å². The summed E-state index contributed by atoms with van der Waals surface area (Å²) < 4.78 is 69.6. The van der Waals surface area contributed by atoms with Gasteiger partial charge >= 0.3 is 0 Å². The maximum Gasteiger partial charge on any atom is 0.246 e. The van der Waals surface area contributed by atoms with E-state index in [1.807, 2.05) is 11.5 Å². The molecule has 0 radical (unpaired) electrons. The molecule has 5 nitrogen and oxygen atoms in total. The maximum absolute atomic E-state index is 14.1. The minimum atomic E-state index is -4.33. The van der Waals surface area contributed by atoms with Crippen LogP contribution in [0.3, 0.4) is 0 Å². The molecule has 2 heterocycles. The van der Waals surface area contributed by atoms with Gasteiger partial charge in [0.25, 0.3) is 0 Å². The second kappa shape index (κ2) is 6.80. The Bertz CT molecular complexity index is 883. The van der Waals surface area contributed by atoms with Crippen molar-refractivity contribution in [1.82, 2.24) is 13.9 Å². The zero-order chi connectivity index (χ0) is 18.2. The Morgan fingerprint density at radius 3 is 2.60 bits per heavy atom. The number of hydrogen-bond donors (Lipinski definition) is 0. The third-order valence-corrected chi connectivity index (χ3v) is 6.32. The second-order valence-corrected chi connectivity index (χ2v) is 7.75. The van der Waals surface area contributed by atoms with E-state index in [1.54, 1.807) is 12.4 Å². The van der Waals surface area contributed by atoms with Crippen molar-refractivity contribution < 1.29 is 21.6 Å². The van der Waals surface area contributed by atoms with Crippen molar-refractivity contribution in [2.75, 3.05) is 6.54 Å². The summed E-state index contributed by atoms with van der Waals surface area (Å²) in [5, 5.41) is 0. The van der Waals surface area contributed by atoms with Crippen LogP contribution in [-0.2, 0) is 16.6 Å². The van der Waals surface area contributed by atoms with E-state index in [0.717, 1.165) is 10.7 Å². The number of piperidine rings is 1. The Morgan fingerprint density at radius 1 is 1.16 bits per heavy atom.